The highest BCUT2D eigenvalue weighted by Crippen LogP contribution is 2.31. The summed E-state index contributed by atoms with van der Waals surface area (Å²) < 4.78 is 0. The maximum absolute atomic E-state index is 2.59. The van der Waals surface area contributed by atoms with Crippen molar-refractivity contribution in [3.63, 3.8) is 0 Å². The van der Waals surface area contributed by atoms with Gasteiger partial charge in [-0.3, -0.25) is 4.90 Å². The third-order valence-corrected chi connectivity index (χ3v) is 4.94. The molecule has 3 aromatic carbocycles. The Hall–Kier alpha value is -2.38. The maximum Gasteiger partial charge on any atom is 0.0240 e. The summed E-state index contributed by atoms with van der Waals surface area (Å²) in [7, 11) is 0. The Bertz CT molecular complexity index is 779. The smallest absolute Gasteiger partial charge is 0.0240 e. The van der Waals surface area contributed by atoms with Gasteiger partial charge in [0.15, 0.2) is 0 Å². The van der Waals surface area contributed by atoms with Crippen LogP contribution in [-0.4, -0.2) is 11.4 Å². The molecular formula is C23H23N. The van der Waals surface area contributed by atoms with E-state index in [1.54, 1.807) is 0 Å². The van der Waals surface area contributed by atoms with Gasteiger partial charge in [0.2, 0.25) is 0 Å². The molecule has 0 unspecified atom stereocenters. The van der Waals surface area contributed by atoms with Crippen LogP contribution in [0.4, 0.5) is 0 Å². The molecule has 0 bridgehead atoms. The molecule has 0 radical (unpaired) electrons. The van der Waals surface area contributed by atoms with Gasteiger partial charge in [-0.05, 0) is 28.7 Å². The second kappa shape index (κ2) is 7.02. The normalized spacial score (nSPS) is 17.4. The van der Waals surface area contributed by atoms with Crippen LogP contribution in [0.1, 0.15) is 28.2 Å². The van der Waals surface area contributed by atoms with Crippen LogP contribution >= 0.6 is 0 Å². The van der Waals surface area contributed by atoms with Gasteiger partial charge >= 0.3 is 0 Å². The van der Waals surface area contributed by atoms with Crippen LogP contribution in [0.15, 0.2) is 84.9 Å². The fourth-order valence-corrected chi connectivity index (χ4v) is 3.83. The van der Waals surface area contributed by atoms with Gasteiger partial charge in [0.05, 0.1) is 0 Å². The van der Waals surface area contributed by atoms with E-state index in [2.05, 4.69) is 89.8 Å². The molecule has 1 aliphatic heterocycles. The first-order valence-corrected chi connectivity index (χ1v) is 8.76. The molecule has 1 atom stereocenters. The summed E-state index contributed by atoms with van der Waals surface area (Å²) in [5.41, 5.74) is 5.85. The number of hydrogen-bond acceptors (Lipinski definition) is 1. The molecule has 1 aliphatic rings. The first-order chi connectivity index (χ1) is 11.9. The van der Waals surface area contributed by atoms with Crippen molar-refractivity contribution in [1.29, 1.82) is 0 Å². The van der Waals surface area contributed by atoms with Gasteiger partial charge in [-0.2, -0.15) is 0 Å². The molecule has 0 fully saturated rings. The lowest BCUT2D eigenvalue weighted by Gasteiger charge is -2.35. The fourth-order valence-electron chi connectivity index (χ4n) is 3.83. The molecule has 4 rings (SSSR count). The Morgan fingerprint density at radius 3 is 2.08 bits per heavy atom. The third-order valence-electron chi connectivity index (χ3n) is 4.94. The van der Waals surface area contributed by atoms with E-state index in [1.807, 2.05) is 0 Å². The first kappa shape index (κ1) is 15.2. The summed E-state index contributed by atoms with van der Waals surface area (Å²) in [5, 5.41) is 0. The third kappa shape index (κ3) is 3.42. The Balaban J connectivity index is 1.58. The molecule has 3 aromatic rings. The van der Waals surface area contributed by atoms with Crippen LogP contribution in [0, 0.1) is 0 Å². The van der Waals surface area contributed by atoms with E-state index in [9.17, 15) is 0 Å². The molecule has 1 nitrogen and oxygen atoms in total. The fraction of sp³-hybridized carbons (Fsp3) is 0.217. The highest BCUT2D eigenvalue weighted by Gasteiger charge is 2.25. The summed E-state index contributed by atoms with van der Waals surface area (Å²) in [6.45, 7) is 3.21. The molecule has 24 heavy (non-hydrogen) atoms. The van der Waals surface area contributed by atoms with Gasteiger partial charge < -0.3 is 0 Å². The predicted octanol–water partition coefficient (Wildman–Crippen LogP) is 5.03. The lowest BCUT2D eigenvalue weighted by molar-refractivity contribution is 0.220. The molecule has 120 valence electrons. The van der Waals surface area contributed by atoms with Gasteiger partial charge in [0.1, 0.15) is 0 Å². The van der Waals surface area contributed by atoms with E-state index in [-0.39, 0.29) is 0 Å². The minimum atomic E-state index is 0.570. The molecule has 1 heterocycles. The van der Waals surface area contributed by atoms with E-state index in [1.165, 1.54) is 22.3 Å². The molecule has 0 saturated carbocycles. The highest BCUT2D eigenvalue weighted by atomic mass is 15.1. The van der Waals surface area contributed by atoms with Crippen molar-refractivity contribution in [2.75, 3.05) is 6.54 Å². The molecule has 0 spiro atoms. The second-order valence-electron chi connectivity index (χ2n) is 6.74. The van der Waals surface area contributed by atoms with Crippen LogP contribution in [0.25, 0.3) is 0 Å². The van der Waals surface area contributed by atoms with E-state index in [0.29, 0.717) is 5.92 Å². The molecule has 0 N–H and O–H groups in total. The van der Waals surface area contributed by atoms with E-state index in [0.717, 1.165) is 26.1 Å². The first-order valence-electron chi connectivity index (χ1n) is 8.76. The van der Waals surface area contributed by atoms with Crippen molar-refractivity contribution in [3.05, 3.63) is 107 Å². The van der Waals surface area contributed by atoms with Gasteiger partial charge in [0, 0.05) is 25.6 Å². The van der Waals surface area contributed by atoms with E-state index >= 15 is 0 Å². The highest BCUT2D eigenvalue weighted by molar-refractivity contribution is 5.34. The minimum Gasteiger partial charge on any atom is -0.294 e. The van der Waals surface area contributed by atoms with Crippen LogP contribution in [0.5, 0.6) is 0 Å². The van der Waals surface area contributed by atoms with Crippen molar-refractivity contribution < 1.29 is 0 Å². The number of fused-ring (bicyclic) bond motifs is 1. The van der Waals surface area contributed by atoms with E-state index < -0.39 is 0 Å². The molecule has 1 heteroatoms. The Morgan fingerprint density at radius 1 is 0.708 bits per heavy atom. The summed E-state index contributed by atoms with van der Waals surface area (Å²) >= 11 is 0. The average Bonchev–Trinajstić information content (AvgIpc) is 2.63. The van der Waals surface area contributed by atoms with Gasteiger partial charge in [0.25, 0.3) is 0 Å². The maximum atomic E-state index is 2.59. The lowest BCUT2D eigenvalue weighted by Crippen LogP contribution is -2.34. The van der Waals surface area contributed by atoms with Crippen molar-refractivity contribution in [2.24, 2.45) is 0 Å². The largest absolute Gasteiger partial charge is 0.294 e. The molecule has 0 aromatic heterocycles. The van der Waals surface area contributed by atoms with Crippen molar-refractivity contribution in [3.8, 4) is 0 Å². The lowest BCUT2D eigenvalue weighted by atomic mass is 9.85. The van der Waals surface area contributed by atoms with Crippen LogP contribution in [0.3, 0.4) is 0 Å². The monoisotopic (exact) mass is 313 g/mol. The summed E-state index contributed by atoms with van der Waals surface area (Å²) in [5.74, 6) is 0.570. The average molecular weight is 313 g/mol. The summed E-state index contributed by atoms with van der Waals surface area (Å²) in [4.78, 5) is 2.59. The second-order valence-corrected chi connectivity index (χ2v) is 6.74. The Morgan fingerprint density at radius 2 is 1.33 bits per heavy atom. The number of benzene rings is 3. The molecular weight excluding hydrogens is 290 g/mol. The number of rotatable bonds is 4. The number of hydrogen-bond donors (Lipinski definition) is 0. The van der Waals surface area contributed by atoms with Crippen LogP contribution in [-0.2, 0) is 19.5 Å². The zero-order valence-corrected chi connectivity index (χ0v) is 13.9. The van der Waals surface area contributed by atoms with Gasteiger partial charge in [-0.15, -0.1) is 0 Å². The quantitative estimate of drug-likeness (QED) is 0.653. The summed E-state index contributed by atoms with van der Waals surface area (Å²) in [6, 6.07) is 30.7. The van der Waals surface area contributed by atoms with Crippen molar-refractivity contribution in [1.82, 2.24) is 4.90 Å². The standard InChI is InChI=1S/C23H23N/c1-3-9-19(10-4-1)15-22-18-24(16-20-11-5-2-6-12-20)17-21-13-7-8-14-23(21)22/h1-14,22H,15-18H2/t22-/m1/s1. The van der Waals surface area contributed by atoms with Crippen molar-refractivity contribution in [2.45, 2.75) is 25.4 Å². The van der Waals surface area contributed by atoms with Crippen molar-refractivity contribution >= 4 is 0 Å². The topological polar surface area (TPSA) is 3.24 Å². The SMILES string of the molecule is c1ccc(C[C@@H]2CN(Cc3ccccc3)Cc3ccccc32)cc1. The Kier molecular flexibility index (Phi) is 4.44. The Labute approximate surface area is 144 Å². The minimum absolute atomic E-state index is 0.570. The zero-order chi connectivity index (χ0) is 16.2. The molecule has 0 amide bonds. The van der Waals surface area contributed by atoms with Gasteiger partial charge in [-0.25, -0.2) is 0 Å². The van der Waals surface area contributed by atoms with Crippen LogP contribution < -0.4 is 0 Å². The number of nitrogens with zero attached hydrogens (tertiary/aromatic N) is 1. The predicted molar refractivity (Wildman–Crippen MR) is 99.9 cm³/mol. The van der Waals surface area contributed by atoms with E-state index in [4.69, 9.17) is 0 Å². The zero-order valence-electron chi connectivity index (χ0n) is 13.9. The molecule has 0 saturated heterocycles. The van der Waals surface area contributed by atoms with Crippen LogP contribution in [0.2, 0.25) is 0 Å². The summed E-state index contributed by atoms with van der Waals surface area (Å²) in [6.07, 6.45) is 1.11. The molecule has 0 aliphatic carbocycles. The van der Waals surface area contributed by atoms with Gasteiger partial charge in [-0.1, -0.05) is 84.9 Å².